The second-order valence-electron chi connectivity index (χ2n) is 14.3. The predicted octanol–water partition coefficient (Wildman–Crippen LogP) is 13.8. The molecule has 0 N–H and O–H groups in total. The van der Waals surface area contributed by atoms with Gasteiger partial charge in [0, 0.05) is 25.5 Å². The molecule has 0 bridgehead atoms. The van der Waals surface area contributed by atoms with Crippen LogP contribution < -0.4 is 0 Å². The first kappa shape index (κ1) is 39.4. The van der Waals surface area contributed by atoms with Crippen molar-refractivity contribution in [2.45, 2.75) is 226 Å². The fourth-order valence-corrected chi connectivity index (χ4v) is 7.05. The molecular weight excluding hydrogens is 508 g/mol. The molecule has 0 atom stereocenters. The molecule has 0 radical (unpaired) electrons. The summed E-state index contributed by atoms with van der Waals surface area (Å²) >= 11 is 0. The van der Waals surface area contributed by atoms with Crippen molar-refractivity contribution in [1.82, 2.24) is 9.80 Å². The number of hydrogen-bond donors (Lipinski definition) is 0. The van der Waals surface area contributed by atoms with E-state index in [1.54, 1.807) is 0 Å². The summed E-state index contributed by atoms with van der Waals surface area (Å²) in [6.45, 7) is 11.9. The normalized spacial score (nSPS) is 13.8. The van der Waals surface area contributed by atoms with Crippen molar-refractivity contribution in [3.63, 3.8) is 0 Å². The van der Waals surface area contributed by atoms with Crippen LogP contribution in [0.4, 0.5) is 0 Å². The van der Waals surface area contributed by atoms with Crippen LogP contribution in [0.25, 0.3) is 0 Å². The van der Waals surface area contributed by atoms with Crippen LogP contribution in [-0.2, 0) is 0 Å². The van der Waals surface area contributed by atoms with Crippen LogP contribution in [0.1, 0.15) is 220 Å². The Kier molecular flexibility index (Phi) is 28.5. The van der Waals surface area contributed by atoms with E-state index in [2.05, 4.69) is 49.9 Å². The summed E-state index contributed by atoms with van der Waals surface area (Å²) < 4.78 is 0. The first-order chi connectivity index (χ1) is 20.7. The lowest BCUT2D eigenvalue weighted by Crippen LogP contribution is -2.43. The van der Waals surface area contributed by atoms with E-state index < -0.39 is 0 Å². The van der Waals surface area contributed by atoms with E-state index in [0.29, 0.717) is 12.1 Å². The molecule has 2 heteroatoms. The molecule has 0 unspecified atom stereocenters. The van der Waals surface area contributed by atoms with Gasteiger partial charge in [0.05, 0.1) is 0 Å². The lowest BCUT2D eigenvalue weighted by molar-refractivity contribution is 0.104. The fraction of sp³-hybridized carbons (Fsp3) is 0.950. The molecule has 0 aromatic carbocycles. The monoisotopic (exact) mass is 589 g/mol. The standard InChI is InChI=1S/C40H80N2/c1-5-7-9-11-13-15-17-19-21-23-25-27-29-31-33-35-41-37-38-42(40(41)39(3)4)36-34-32-30-28-26-24-22-20-18-16-14-12-10-8-6-2/h37-40H,5-36H2,1-4H3. The van der Waals surface area contributed by atoms with Gasteiger partial charge in [0.25, 0.3) is 0 Å². The molecule has 0 aliphatic carbocycles. The van der Waals surface area contributed by atoms with Gasteiger partial charge in [-0.1, -0.05) is 207 Å². The van der Waals surface area contributed by atoms with Crippen LogP contribution in [0.2, 0.25) is 0 Å². The highest BCUT2D eigenvalue weighted by atomic mass is 15.4. The quantitative estimate of drug-likeness (QED) is 0.0703. The highest BCUT2D eigenvalue weighted by Crippen LogP contribution is 2.24. The molecule has 0 aromatic heterocycles. The average molecular weight is 589 g/mol. The molecule has 1 rings (SSSR count). The molecule has 1 aliphatic heterocycles. The van der Waals surface area contributed by atoms with Gasteiger partial charge in [-0.25, -0.2) is 0 Å². The zero-order valence-corrected chi connectivity index (χ0v) is 29.8. The first-order valence-corrected chi connectivity index (χ1v) is 19.9. The van der Waals surface area contributed by atoms with Crippen molar-refractivity contribution in [2.24, 2.45) is 5.92 Å². The van der Waals surface area contributed by atoms with Crippen LogP contribution in [0.5, 0.6) is 0 Å². The summed E-state index contributed by atoms with van der Waals surface area (Å²) in [5, 5.41) is 0. The van der Waals surface area contributed by atoms with Gasteiger partial charge in [0.1, 0.15) is 6.17 Å². The van der Waals surface area contributed by atoms with Crippen molar-refractivity contribution >= 4 is 0 Å². The maximum Gasteiger partial charge on any atom is 0.103 e. The van der Waals surface area contributed by atoms with Crippen molar-refractivity contribution in [1.29, 1.82) is 0 Å². The lowest BCUT2D eigenvalue weighted by atomic mass is 10.0. The topological polar surface area (TPSA) is 6.48 Å². The summed E-state index contributed by atoms with van der Waals surface area (Å²) in [7, 11) is 0. The molecule has 0 amide bonds. The van der Waals surface area contributed by atoms with Crippen molar-refractivity contribution in [3.05, 3.63) is 12.4 Å². The van der Waals surface area contributed by atoms with Crippen LogP contribution in [0.15, 0.2) is 12.4 Å². The predicted molar refractivity (Wildman–Crippen MR) is 191 cm³/mol. The Morgan fingerprint density at radius 2 is 0.571 bits per heavy atom. The molecule has 1 heterocycles. The third-order valence-electron chi connectivity index (χ3n) is 9.77. The van der Waals surface area contributed by atoms with Gasteiger partial charge in [0.15, 0.2) is 0 Å². The summed E-state index contributed by atoms with van der Waals surface area (Å²) in [4.78, 5) is 5.30. The number of unbranched alkanes of at least 4 members (excludes halogenated alkanes) is 28. The van der Waals surface area contributed by atoms with Gasteiger partial charge in [-0.2, -0.15) is 0 Å². The van der Waals surface area contributed by atoms with E-state index in [0.717, 1.165) is 0 Å². The molecular formula is C40H80N2. The fourth-order valence-electron chi connectivity index (χ4n) is 7.05. The highest BCUT2D eigenvalue weighted by Gasteiger charge is 2.28. The van der Waals surface area contributed by atoms with Crippen LogP contribution in [-0.4, -0.2) is 29.1 Å². The average Bonchev–Trinajstić information content (AvgIpc) is 3.40. The minimum atomic E-state index is 0.586. The highest BCUT2D eigenvalue weighted by molar-refractivity contribution is 4.98. The Morgan fingerprint density at radius 3 is 0.786 bits per heavy atom. The largest absolute Gasteiger partial charge is 0.356 e. The molecule has 2 nitrogen and oxygen atoms in total. The Labute approximate surface area is 267 Å². The van der Waals surface area contributed by atoms with E-state index in [9.17, 15) is 0 Å². The Bertz CT molecular complexity index is 512. The Balaban J connectivity index is 1.93. The van der Waals surface area contributed by atoms with Crippen molar-refractivity contribution < 1.29 is 0 Å². The van der Waals surface area contributed by atoms with E-state index >= 15 is 0 Å². The summed E-state index contributed by atoms with van der Waals surface area (Å²) in [6.07, 6.45) is 48.7. The first-order valence-electron chi connectivity index (χ1n) is 19.9. The van der Waals surface area contributed by atoms with Gasteiger partial charge >= 0.3 is 0 Å². The molecule has 1 aliphatic rings. The molecule has 250 valence electrons. The summed E-state index contributed by atoms with van der Waals surface area (Å²) in [5.41, 5.74) is 0. The lowest BCUT2D eigenvalue weighted by Gasteiger charge is -2.36. The molecule has 0 spiro atoms. The molecule has 0 aromatic rings. The van der Waals surface area contributed by atoms with E-state index in [1.165, 1.54) is 206 Å². The third kappa shape index (κ3) is 22.8. The SMILES string of the molecule is CCCCCCCCCCCCCCCCCN1C=CN(CCCCCCCCCCCCCCCCC)C1C(C)C. The second kappa shape index (κ2) is 30.4. The molecule has 0 saturated heterocycles. The van der Waals surface area contributed by atoms with Gasteiger partial charge in [0.2, 0.25) is 0 Å². The minimum Gasteiger partial charge on any atom is -0.356 e. The number of nitrogens with zero attached hydrogens (tertiary/aromatic N) is 2. The number of hydrogen-bond acceptors (Lipinski definition) is 2. The Morgan fingerprint density at radius 1 is 0.357 bits per heavy atom. The molecule has 0 fully saturated rings. The Hall–Kier alpha value is -0.660. The smallest absolute Gasteiger partial charge is 0.103 e. The summed E-state index contributed by atoms with van der Waals surface area (Å²) in [5.74, 6) is 0.688. The third-order valence-corrected chi connectivity index (χ3v) is 9.77. The van der Waals surface area contributed by atoms with Crippen LogP contribution in [0, 0.1) is 5.92 Å². The van der Waals surface area contributed by atoms with Gasteiger partial charge in [-0.05, 0) is 18.8 Å². The van der Waals surface area contributed by atoms with Crippen molar-refractivity contribution in [3.8, 4) is 0 Å². The van der Waals surface area contributed by atoms with Crippen LogP contribution >= 0.6 is 0 Å². The van der Waals surface area contributed by atoms with E-state index in [1.807, 2.05) is 0 Å². The van der Waals surface area contributed by atoms with Gasteiger partial charge in [-0.15, -0.1) is 0 Å². The minimum absolute atomic E-state index is 0.586. The van der Waals surface area contributed by atoms with Gasteiger partial charge in [-0.3, -0.25) is 0 Å². The molecule has 42 heavy (non-hydrogen) atoms. The second-order valence-corrected chi connectivity index (χ2v) is 14.3. The summed E-state index contributed by atoms with van der Waals surface area (Å²) in [6, 6.07) is 0. The molecule has 0 saturated carbocycles. The maximum absolute atomic E-state index is 2.65. The zero-order valence-electron chi connectivity index (χ0n) is 29.8. The van der Waals surface area contributed by atoms with Crippen molar-refractivity contribution in [2.75, 3.05) is 13.1 Å². The maximum atomic E-state index is 2.65. The number of rotatable bonds is 33. The van der Waals surface area contributed by atoms with Crippen LogP contribution in [0.3, 0.4) is 0 Å². The van der Waals surface area contributed by atoms with E-state index in [-0.39, 0.29) is 0 Å². The zero-order chi connectivity index (χ0) is 30.4. The van der Waals surface area contributed by atoms with Gasteiger partial charge < -0.3 is 9.80 Å². The van der Waals surface area contributed by atoms with E-state index in [4.69, 9.17) is 0 Å².